The number of hydrogen-bond donors (Lipinski definition) is 1. The zero-order chi connectivity index (χ0) is 10.1. The minimum atomic E-state index is -0.462. The van der Waals surface area contributed by atoms with Crippen LogP contribution in [0, 0.1) is 0 Å². The fourth-order valence-electron chi connectivity index (χ4n) is 1.22. The topological polar surface area (TPSA) is 55.0 Å². The quantitative estimate of drug-likeness (QED) is 0.728. The lowest BCUT2D eigenvalue weighted by atomic mass is 10.2. The molecule has 2 rings (SSSR count). The van der Waals surface area contributed by atoms with E-state index >= 15 is 0 Å². The van der Waals surface area contributed by atoms with Gasteiger partial charge in [-0.1, -0.05) is 11.6 Å². The van der Waals surface area contributed by atoms with E-state index in [2.05, 4.69) is 9.97 Å². The van der Waals surface area contributed by atoms with E-state index < -0.39 is 5.69 Å². The minimum Gasteiger partial charge on any atom is -0.497 e. The number of methoxy groups -OCH3 is 1. The van der Waals surface area contributed by atoms with Gasteiger partial charge in [-0.2, -0.15) is 4.98 Å². The van der Waals surface area contributed by atoms with Crippen molar-refractivity contribution < 1.29 is 4.74 Å². The summed E-state index contributed by atoms with van der Waals surface area (Å²) in [5.74, 6) is 0.645. The molecule has 0 unspecified atom stereocenters. The Morgan fingerprint density at radius 1 is 1.50 bits per heavy atom. The van der Waals surface area contributed by atoms with Crippen LogP contribution in [-0.4, -0.2) is 17.1 Å². The first-order chi connectivity index (χ1) is 6.70. The lowest BCUT2D eigenvalue weighted by Crippen LogP contribution is -2.09. The third-order valence-corrected chi connectivity index (χ3v) is 2.18. The predicted molar refractivity (Wildman–Crippen MR) is 53.9 cm³/mol. The lowest BCUT2D eigenvalue weighted by Gasteiger charge is -2.01. The monoisotopic (exact) mass is 210 g/mol. The summed E-state index contributed by atoms with van der Waals surface area (Å²) in [6, 6.07) is 5.17. The summed E-state index contributed by atoms with van der Waals surface area (Å²) in [7, 11) is 1.55. The predicted octanol–water partition coefficient (Wildman–Crippen LogP) is 1.59. The molecule has 0 atom stereocenters. The number of fused-ring (bicyclic) bond motifs is 1. The number of nitrogens with one attached hydrogen (secondary N) is 1. The maximum absolute atomic E-state index is 11.0. The molecule has 2 aromatic rings. The van der Waals surface area contributed by atoms with Crippen LogP contribution in [0.25, 0.3) is 10.9 Å². The molecule has 1 aromatic carbocycles. The smallest absolute Gasteiger partial charge is 0.346 e. The van der Waals surface area contributed by atoms with E-state index in [9.17, 15) is 4.79 Å². The van der Waals surface area contributed by atoms with Gasteiger partial charge in [-0.05, 0) is 12.1 Å². The molecule has 72 valence electrons. The number of aromatic amines is 1. The Morgan fingerprint density at radius 2 is 2.29 bits per heavy atom. The average molecular weight is 211 g/mol. The summed E-state index contributed by atoms with van der Waals surface area (Å²) in [4.78, 5) is 17.2. The van der Waals surface area contributed by atoms with Gasteiger partial charge in [0.05, 0.1) is 12.6 Å². The van der Waals surface area contributed by atoms with Crippen molar-refractivity contribution in [3.05, 3.63) is 33.8 Å². The lowest BCUT2D eigenvalue weighted by molar-refractivity contribution is 0.415. The first-order valence-electron chi connectivity index (χ1n) is 3.94. The molecule has 0 aliphatic carbocycles. The highest BCUT2D eigenvalue weighted by Gasteiger charge is 2.03. The molecule has 1 heterocycles. The fraction of sp³-hybridized carbons (Fsp3) is 0.111. The van der Waals surface area contributed by atoms with Crippen LogP contribution >= 0.6 is 11.6 Å². The van der Waals surface area contributed by atoms with Crippen LogP contribution in [0.3, 0.4) is 0 Å². The van der Waals surface area contributed by atoms with Crippen LogP contribution < -0.4 is 10.4 Å². The highest BCUT2D eigenvalue weighted by molar-refractivity contribution is 6.34. The number of benzene rings is 1. The molecule has 0 radical (unpaired) electrons. The van der Waals surface area contributed by atoms with E-state index in [4.69, 9.17) is 16.3 Å². The zero-order valence-electron chi connectivity index (χ0n) is 7.37. The second kappa shape index (κ2) is 3.31. The Morgan fingerprint density at radius 3 is 3.00 bits per heavy atom. The minimum absolute atomic E-state index is 0.294. The maximum Gasteiger partial charge on any atom is 0.346 e. The van der Waals surface area contributed by atoms with Gasteiger partial charge in [0, 0.05) is 11.5 Å². The molecular weight excluding hydrogens is 204 g/mol. The molecule has 0 saturated heterocycles. The number of rotatable bonds is 1. The molecule has 0 bridgehead atoms. The number of H-pyrrole nitrogens is 1. The van der Waals surface area contributed by atoms with E-state index in [1.165, 1.54) is 0 Å². The van der Waals surface area contributed by atoms with Crippen molar-refractivity contribution in [3.8, 4) is 5.75 Å². The van der Waals surface area contributed by atoms with E-state index in [1.54, 1.807) is 25.3 Å². The molecule has 4 nitrogen and oxygen atoms in total. The first-order valence-corrected chi connectivity index (χ1v) is 4.32. The largest absolute Gasteiger partial charge is 0.497 e. The molecule has 0 fully saturated rings. The standard InChI is InChI=1S/C9H7ClN2O2/c1-14-5-2-3-6-7(4-5)11-9(13)12-8(6)10/h2-4H,1H3,(H,11,12,13). The first kappa shape index (κ1) is 9.02. The normalized spacial score (nSPS) is 10.4. The molecule has 14 heavy (non-hydrogen) atoms. The third-order valence-electron chi connectivity index (χ3n) is 1.88. The zero-order valence-corrected chi connectivity index (χ0v) is 8.13. The van der Waals surface area contributed by atoms with Crippen molar-refractivity contribution in [2.45, 2.75) is 0 Å². The molecule has 0 saturated carbocycles. The number of hydrogen-bond acceptors (Lipinski definition) is 3. The molecule has 0 spiro atoms. The number of halogens is 1. The van der Waals surface area contributed by atoms with Gasteiger partial charge in [-0.15, -0.1) is 0 Å². The van der Waals surface area contributed by atoms with Gasteiger partial charge < -0.3 is 4.74 Å². The van der Waals surface area contributed by atoms with Crippen LogP contribution in [0.15, 0.2) is 23.0 Å². The molecule has 0 amide bonds. The van der Waals surface area contributed by atoms with Crippen molar-refractivity contribution in [2.75, 3.05) is 7.11 Å². The van der Waals surface area contributed by atoms with Gasteiger partial charge in [0.2, 0.25) is 0 Å². The summed E-state index contributed by atoms with van der Waals surface area (Å²) in [6.07, 6.45) is 0. The second-order valence-corrected chi connectivity index (χ2v) is 3.12. The van der Waals surface area contributed by atoms with Gasteiger partial charge in [0.1, 0.15) is 10.9 Å². The van der Waals surface area contributed by atoms with E-state index in [1.807, 2.05) is 0 Å². The number of ether oxygens (including phenoxy) is 1. The van der Waals surface area contributed by atoms with Crippen molar-refractivity contribution in [2.24, 2.45) is 0 Å². The summed E-state index contributed by atoms with van der Waals surface area (Å²) >= 11 is 5.82. The number of nitrogens with zero attached hydrogens (tertiary/aromatic N) is 1. The fourth-order valence-corrected chi connectivity index (χ4v) is 1.46. The van der Waals surface area contributed by atoms with E-state index in [0.717, 1.165) is 0 Å². The van der Waals surface area contributed by atoms with Gasteiger partial charge in [0.15, 0.2) is 0 Å². The highest BCUT2D eigenvalue weighted by Crippen LogP contribution is 2.22. The van der Waals surface area contributed by atoms with E-state index in [0.29, 0.717) is 21.8 Å². The molecule has 1 N–H and O–H groups in total. The van der Waals surface area contributed by atoms with Crippen molar-refractivity contribution in [3.63, 3.8) is 0 Å². The van der Waals surface area contributed by atoms with Crippen molar-refractivity contribution >= 4 is 22.5 Å². The van der Waals surface area contributed by atoms with Crippen LogP contribution in [0.5, 0.6) is 5.75 Å². The Kier molecular flexibility index (Phi) is 2.13. The Labute approximate surface area is 84.5 Å². The molecule has 0 aliphatic rings. The summed E-state index contributed by atoms with van der Waals surface area (Å²) in [5.41, 5.74) is 0.0638. The Bertz CT molecular complexity index is 536. The van der Waals surface area contributed by atoms with Gasteiger partial charge in [-0.3, -0.25) is 4.98 Å². The molecular formula is C9H7ClN2O2. The van der Waals surface area contributed by atoms with Crippen molar-refractivity contribution in [1.29, 1.82) is 0 Å². The molecule has 5 heteroatoms. The Balaban J connectivity index is 2.82. The van der Waals surface area contributed by atoms with Crippen molar-refractivity contribution in [1.82, 2.24) is 9.97 Å². The molecule has 0 aliphatic heterocycles. The van der Waals surface area contributed by atoms with Gasteiger partial charge in [0.25, 0.3) is 0 Å². The van der Waals surface area contributed by atoms with Crippen LogP contribution in [0.2, 0.25) is 5.15 Å². The highest BCUT2D eigenvalue weighted by atomic mass is 35.5. The summed E-state index contributed by atoms with van der Waals surface area (Å²) in [5, 5.41) is 0.995. The average Bonchev–Trinajstić information content (AvgIpc) is 2.16. The number of aromatic nitrogens is 2. The Hall–Kier alpha value is -1.55. The second-order valence-electron chi connectivity index (χ2n) is 2.74. The SMILES string of the molecule is COc1ccc2c(Cl)[nH]c(=O)nc2c1. The maximum atomic E-state index is 11.0. The van der Waals surface area contributed by atoms with Gasteiger partial charge in [-0.25, -0.2) is 4.79 Å². The van der Waals surface area contributed by atoms with Crippen LogP contribution in [0.1, 0.15) is 0 Å². The molecule has 1 aromatic heterocycles. The summed E-state index contributed by atoms with van der Waals surface area (Å²) < 4.78 is 5.01. The van der Waals surface area contributed by atoms with E-state index in [-0.39, 0.29) is 0 Å². The summed E-state index contributed by atoms with van der Waals surface area (Å²) in [6.45, 7) is 0. The van der Waals surface area contributed by atoms with Crippen LogP contribution in [0.4, 0.5) is 0 Å². The van der Waals surface area contributed by atoms with Gasteiger partial charge >= 0.3 is 5.69 Å². The third kappa shape index (κ3) is 1.44. The van der Waals surface area contributed by atoms with Crippen LogP contribution in [-0.2, 0) is 0 Å².